The lowest BCUT2D eigenvalue weighted by Gasteiger charge is -2.26. The Hall–Kier alpha value is -2.61. The molecule has 0 unspecified atom stereocenters. The van der Waals surface area contributed by atoms with Crippen LogP contribution in [0.25, 0.3) is 20.3 Å². The molecule has 0 atom stereocenters. The highest BCUT2D eigenvalue weighted by Crippen LogP contribution is 2.33. The number of anilines is 1. The number of unbranched alkanes of at least 4 members (excludes halogenated alkanes) is 1. The summed E-state index contributed by atoms with van der Waals surface area (Å²) in [4.78, 5) is 20.6. The van der Waals surface area contributed by atoms with Crippen LogP contribution in [0.15, 0.2) is 46.7 Å². The highest BCUT2D eigenvalue weighted by atomic mass is 32.2. The minimum Gasteiger partial charge on any atom is -0.493 e. The van der Waals surface area contributed by atoms with Gasteiger partial charge in [-0.3, -0.25) is 15.0 Å². The van der Waals surface area contributed by atoms with Crippen LogP contribution in [-0.2, 0) is 14.8 Å². The van der Waals surface area contributed by atoms with Gasteiger partial charge in [-0.05, 0) is 79.4 Å². The molecule has 9 nitrogen and oxygen atoms in total. The summed E-state index contributed by atoms with van der Waals surface area (Å²) in [5.74, 6) is 0.249. The highest BCUT2D eigenvalue weighted by molar-refractivity contribution is 7.89. The molecule has 0 aliphatic carbocycles. The minimum atomic E-state index is -3.53. The van der Waals surface area contributed by atoms with Crippen molar-refractivity contribution in [3.63, 3.8) is 0 Å². The van der Waals surface area contributed by atoms with E-state index in [0.717, 1.165) is 68.6 Å². The maximum Gasteiger partial charge on any atom is 0.261 e. The molecule has 2 aliphatic rings. The Kier molecular flexibility index (Phi) is 8.33. The first-order valence-corrected chi connectivity index (χ1v) is 16.8. The van der Waals surface area contributed by atoms with E-state index in [9.17, 15) is 13.2 Å². The third-order valence-electron chi connectivity index (χ3n) is 7.31. The largest absolute Gasteiger partial charge is 0.493 e. The number of nitrogens with zero attached hydrogens (tertiary/aromatic N) is 3. The zero-order valence-corrected chi connectivity index (χ0v) is 24.6. The van der Waals surface area contributed by atoms with E-state index in [1.54, 1.807) is 29.5 Å². The summed E-state index contributed by atoms with van der Waals surface area (Å²) >= 11 is 2.87. The Balaban J connectivity index is 1.15. The molecule has 40 heavy (non-hydrogen) atoms. The second-order valence-electron chi connectivity index (χ2n) is 10.0. The zero-order chi connectivity index (χ0) is 27.5. The number of morpholine rings is 1. The maximum atomic E-state index is 13.4. The fourth-order valence-corrected chi connectivity index (χ4v) is 8.41. The molecule has 2 aromatic heterocycles. The summed E-state index contributed by atoms with van der Waals surface area (Å²) in [5.41, 5.74) is 1.10. The van der Waals surface area contributed by atoms with Crippen molar-refractivity contribution < 1.29 is 22.7 Å². The van der Waals surface area contributed by atoms with E-state index in [1.807, 2.05) is 23.6 Å². The van der Waals surface area contributed by atoms with Crippen molar-refractivity contribution in [1.82, 2.24) is 14.2 Å². The van der Waals surface area contributed by atoms with E-state index in [4.69, 9.17) is 9.47 Å². The van der Waals surface area contributed by atoms with E-state index in [1.165, 1.54) is 15.6 Å². The molecule has 12 heteroatoms. The van der Waals surface area contributed by atoms with Gasteiger partial charge < -0.3 is 9.47 Å². The molecule has 1 N–H and O–H groups in total. The molecule has 4 aromatic rings. The van der Waals surface area contributed by atoms with Gasteiger partial charge in [-0.1, -0.05) is 11.3 Å². The van der Waals surface area contributed by atoms with Gasteiger partial charge >= 0.3 is 0 Å². The number of amides is 1. The van der Waals surface area contributed by atoms with Gasteiger partial charge in [0.25, 0.3) is 5.91 Å². The molecule has 0 bridgehead atoms. The van der Waals surface area contributed by atoms with Crippen LogP contribution in [-0.4, -0.2) is 81.1 Å². The molecule has 0 radical (unpaired) electrons. The van der Waals surface area contributed by atoms with Crippen molar-refractivity contribution in [3.8, 4) is 5.75 Å². The molecule has 4 heterocycles. The van der Waals surface area contributed by atoms with Crippen molar-refractivity contribution in [2.24, 2.45) is 0 Å². The second-order valence-corrected chi connectivity index (χ2v) is 13.9. The number of benzene rings is 2. The van der Waals surface area contributed by atoms with Gasteiger partial charge in [-0.2, -0.15) is 4.31 Å². The predicted molar refractivity (Wildman–Crippen MR) is 159 cm³/mol. The SMILES string of the molecule is O=C(Nc1nc2ccc(S(=O)(=O)N3CCCC3)cc2s1)c1cc2ccsc2cc1OCCCCN1CCOCC1. The molecule has 2 aromatic carbocycles. The minimum absolute atomic E-state index is 0.260. The van der Waals surface area contributed by atoms with Crippen LogP contribution in [0.2, 0.25) is 0 Å². The van der Waals surface area contributed by atoms with Crippen molar-refractivity contribution >= 4 is 64.0 Å². The smallest absolute Gasteiger partial charge is 0.261 e. The van der Waals surface area contributed by atoms with Crippen LogP contribution in [0.4, 0.5) is 5.13 Å². The lowest BCUT2D eigenvalue weighted by Crippen LogP contribution is -2.36. The van der Waals surface area contributed by atoms with Gasteiger partial charge in [-0.25, -0.2) is 13.4 Å². The Bertz CT molecular complexity index is 1600. The van der Waals surface area contributed by atoms with Crippen LogP contribution < -0.4 is 10.1 Å². The van der Waals surface area contributed by atoms with Crippen LogP contribution in [0, 0.1) is 0 Å². The van der Waals surface area contributed by atoms with E-state index < -0.39 is 10.0 Å². The number of rotatable bonds is 10. The number of ether oxygens (including phenoxy) is 2. The van der Waals surface area contributed by atoms with Crippen molar-refractivity contribution in [3.05, 3.63) is 47.3 Å². The molecule has 0 spiro atoms. The number of nitrogens with one attached hydrogen (secondary N) is 1. The molecule has 6 rings (SSSR count). The first kappa shape index (κ1) is 27.6. The third-order valence-corrected chi connectivity index (χ3v) is 11.0. The first-order valence-electron chi connectivity index (χ1n) is 13.6. The predicted octanol–water partition coefficient (Wildman–Crippen LogP) is 5.04. The van der Waals surface area contributed by atoms with Crippen molar-refractivity contribution in [2.75, 3.05) is 57.9 Å². The van der Waals surface area contributed by atoms with Gasteiger partial charge in [0.2, 0.25) is 10.0 Å². The van der Waals surface area contributed by atoms with E-state index in [-0.39, 0.29) is 10.8 Å². The highest BCUT2D eigenvalue weighted by Gasteiger charge is 2.27. The molecule has 2 saturated heterocycles. The molecular formula is C28H32N4O5S3. The average Bonchev–Trinajstić information content (AvgIpc) is 3.73. The normalized spacial score (nSPS) is 17.1. The zero-order valence-electron chi connectivity index (χ0n) is 22.1. The molecule has 1 amide bonds. The number of aromatic nitrogens is 1. The average molecular weight is 601 g/mol. The fourth-order valence-electron chi connectivity index (χ4n) is 5.09. The number of sulfonamides is 1. The van der Waals surface area contributed by atoms with Crippen LogP contribution >= 0.6 is 22.7 Å². The third kappa shape index (κ3) is 6.02. The Morgan fingerprint density at radius 3 is 2.67 bits per heavy atom. The van der Waals surface area contributed by atoms with E-state index in [2.05, 4.69) is 15.2 Å². The Labute approximate surface area is 241 Å². The quantitative estimate of drug-likeness (QED) is 0.255. The van der Waals surface area contributed by atoms with Gasteiger partial charge in [0.05, 0.1) is 40.5 Å². The number of carbonyl (C=O) groups is 1. The monoisotopic (exact) mass is 600 g/mol. The van der Waals surface area contributed by atoms with Gasteiger partial charge in [0.15, 0.2) is 5.13 Å². The molecule has 212 valence electrons. The lowest BCUT2D eigenvalue weighted by molar-refractivity contribution is 0.0368. The summed E-state index contributed by atoms with van der Waals surface area (Å²) in [7, 11) is -3.53. The van der Waals surface area contributed by atoms with Gasteiger partial charge in [0, 0.05) is 30.9 Å². The standard InChI is InChI=1S/C28H32N4O5S3/c33-27(30-28-29-23-6-5-21(18-26(23)39-28)40(34,35)32-9-1-2-10-32)22-17-20-7-16-38-25(20)19-24(22)37-13-4-3-8-31-11-14-36-15-12-31/h5-7,16-19H,1-4,8-15H2,(H,29,30,33). The second kappa shape index (κ2) is 12.1. The maximum absolute atomic E-state index is 13.4. The summed E-state index contributed by atoms with van der Waals surface area (Å²) < 4.78 is 40.8. The molecular weight excluding hydrogens is 569 g/mol. The summed E-state index contributed by atoms with van der Waals surface area (Å²) in [5, 5.41) is 6.31. The van der Waals surface area contributed by atoms with Crippen LogP contribution in [0.1, 0.15) is 36.0 Å². The molecule has 2 aliphatic heterocycles. The molecule has 2 fully saturated rings. The summed E-state index contributed by atoms with van der Waals surface area (Å²) in [6.45, 7) is 6.18. The lowest BCUT2D eigenvalue weighted by atomic mass is 10.1. The van der Waals surface area contributed by atoms with Crippen LogP contribution in [0.5, 0.6) is 5.75 Å². The van der Waals surface area contributed by atoms with Crippen molar-refractivity contribution in [1.29, 1.82) is 0 Å². The fraction of sp³-hybridized carbons (Fsp3) is 0.429. The topological polar surface area (TPSA) is 101 Å². The number of carbonyl (C=O) groups excluding carboxylic acids is 1. The van der Waals surface area contributed by atoms with Crippen molar-refractivity contribution in [2.45, 2.75) is 30.6 Å². The van der Waals surface area contributed by atoms with Gasteiger partial charge in [-0.15, -0.1) is 11.3 Å². The van der Waals surface area contributed by atoms with Gasteiger partial charge in [0.1, 0.15) is 5.75 Å². The summed E-state index contributed by atoms with van der Waals surface area (Å²) in [6, 6.07) is 10.7. The molecule has 0 saturated carbocycles. The number of thiazole rings is 1. The number of hydrogen-bond acceptors (Lipinski definition) is 9. The van der Waals surface area contributed by atoms with E-state index in [0.29, 0.717) is 46.4 Å². The van der Waals surface area contributed by atoms with E-state index >= 15 is 0 Å². The van der Waals surface area contributed by atoms with Crippen LogP contribution in [0.3, 0.4) is 0 Å². The number of fused-ring (bicyclic) bond motifs is 2. The Morgan fingerprint density at radius 1 is 1.02 bits per heavy atom. The Morgan fingerprint density at radius 2 is 1.85 bits per heavy atom. The number of hydrogen-bond donors (Lipinski definition) is 1. The first-order chi connectivity index (χ1) is 19.5. The summed E-state index contributed by atoms with van der Waals surface area (Å²) in [6.07, 6.45) is 3.68. The number of thiophene rings is 1.